The molecule has 1 fully saturated rings. The van der Waals surface area contributed by atoms with Crippen LogP contribution in [-0.4, -0.2) is 11.8 Å². The largest absolute Gasteiger partial charge is 0.326 e. The highest BCUT2D eigenvalue weighted by Crippen LogP contribution is 2.48. The van der Waals surface area contributed by atoms with Crippen molar-refractivity contribution >= 4 is 17.5 Å². The molecule has 1 aromatic carbocycles. The molecule has 2 unspecified atom stereocenters. The number of carbonyl (C=O) groups is 2. The number of hydrogen-bond donors (Lipinski definition) is 2. The van der Waals surface area contributed by atoms with Gasteiger partial charge in [-0.25, -0.2) is 4.39 Å². The summed E-state index contributed by atoms with van der Waals surface area (Å²) in [5.74, 6) is -0.209. The van der Waals surface area contributed by atoms with E-state index in [1.807, 2.05) is 6.08 Å². The summed E-state index contributed by atoms with van der Waals surface area (Å²) in [5, 5.41) is 5.42. The summed E-state index contributed by atoms with van der Waals surface area (Å²) in [6.45, 7) is 2.15. The van der Waals surface area contributed by atoms with Crippen LogP contribution in [0.1, 0.15) is 19.8 Å². The summed E-state index contributed by atoms with van der Waals surface area (Å²) >= 11 is 0. The fourth-order valence-electron chi connectivity index (χ4n) is 3.22. The minimum absolute atomic E-state index is 0.325. The van der Waals surface area contributed by atoms with Crippen LogP contribution < -0.4 is 10.6 Å². The second kappa shape index (κ2) is 6.83. The van der Waals surface area contributed by atoms with E-state index in [0.29, 0.717) is 17.5 Å². The van der Waals surface area contributed by atoms with E-state index in [0.717, 1.165) is 18.5 Å². The van der Waals surface area contributed by atoms with Crippen LogP contribution in [-0.2, 0) is 9.59 Å². The van der Waals surface area contributed by atoms with E-state index in [1.54, 1.807) is 0 Å². The highest BCUT2D eigenvalue weighted by molar-refractivity contribution is 6.03. The van der Waals surface area contributed by atoms with Gasteiger partial charge in [0.15, 0.2) is 0 Å². The first-order valence-corrected chi connectivity index (χ1v) is 8.03. The predicted octanol–water partition coefficient (Wildman–Crippen LogP) is 3.31. The monoisotopic (exact) mass is 326 g/mol. The first-order chi connectivity index (χ1) is 11.6. The van der Waals surface area contributed by atoms with Crippen molar-refractivity contribution in [3.8, 4) is 0 Å². The van der Waals surface area contributed by atoms with Crippen LogP contribution >= 0.6 is 0 Å². The van der Waals surface area contributed by atoms with Gasteiger partial charge >= 0.3 is 0 Å². The van der Waals surface area contributed by atoms with E-state index in [1.165, 1.54) is 42.0 Å². The summed E-state index contributed by atoms with van der Waals surface area (Å²) in [4.78, 5) is 23.8. The Morgan fingerprint density at radius 3 is 2.42 bits per heavy atom. The number of halogens is 1. The van der Waals surface area contributed by atoms with E-state index in [9.17, 15) is 14.0 Å². The Morgan fingerprint density at radius 1 is 1.12 bits per heavy atom. The molecular formula is C19H19FN2O2. The molecule has 24 heavy (non-hydrogen) atoms. The maximum Gasteiger partial charge on any atom is 0.248 e. The maximum absolute atomic E-state index is 12.8. The highest BCUT2D eigenvalue weighted by Gasteiger charge is 2.39. The van der Waals surface area contributed by atoms with Crippen molar-refractivity contribution in [2.75, 3.05) is 5.32 Å². The molecule has 1 aromatic rings. The van der Waals surface area contributed by atoms with Gasteiger partial charge < -0.3 is 10.6 Å². The van der Waals surface area contributed by atoms with Crippen molar-refractivity contribution in [3.63, 3.8) is 0 Å². The molecule has 1 saturated carbocycles. The molecule has 3 aliphatic rings. The third kappa shape index (κ3) is 3.45. The molecule has 0 heterocycles. The van der Waals surface area contributed by atoms with Crippen LogP contribution in [0.5, 0.6) is 0 Å². The summed E-state index contributed by atoms with van der Waals surface area (Å²) in [6.07, 6.45) is 8.48. The van der Waals surface area contributed by atoms with Gasteiger partial charge in [-0.3, -0.25) is 9.59 Å². The zero-order valence-electron chi connectivity index (χ0n) is 13.4. The number of nitrogens with one attached hydrogen (secondary N) is 2. The van der Waals surface area contributed by atoms with Gasteiger partial charge in [0.1, 0.15) is 5.82 Å². The Balaban J connectivity index is 1.52. The van der Waals surface area contributed by atoms with E-state index >= 15 is 0 Å². The molecule has 2 atom stereocenters. The van der Waals surface area contributed by atoms with E-state index < -0.39 is 5.91 Å². The van der Waals surface area contributed by atoms with Crippen molar-refractivity contribution in [2.24, 2.45) is 11.8 Å². The second-order valence-corrected chi connectivity index (χ2v) is 6.01. The Labute approximate surface area is 140 Å². The molecule has 2 bridgehead atoms. The number of benzene rings is 1. The van der Waals surface area contributed by atoms with Crippen molar-refractivity contribution in [1.29, 1.82) is 0 Å². The molecule has 2 N–H and O–H groups in total. The summed E-state index contributed by atoms with van der Waals surface area (Å²) in [7, 11) is 0. The molecule has 2 amide bonds. The highest BCUT2D eigenvalue weighted by atomic mass is 19.1. The number of hydrogen-bond acceptors (Lipinski definition) is 2. The smallest absolute Gasteiger partial charge is 0.248 e. The minimum atomic E-state index is -0.438. The lowest BCUT2D eigenvalue weighted by molar-refractivity contribution is -0.117. The van der Waals surface area contributed by atoms with Crippen LogP contribution in [0.25, 0.3) is 0 Å². The average Bonchev–Trinajstić information content (AvgIpc) is 2.55. The lowest BCUT2D eigenvalue weighted by Crippen LogP contribution is -2.39. The molecule has 0 aromatic heterocycles. The Hall–Kier alpha value is -2.69. The molecule has 124 valence electrons. The van der Waals surface area contributed by atoms with Gasteiger partial charge in [-0.2, -0.15) is 0 Å². The zero-order chi connectivity index (χ0) is 17.1. The van der Waals surface area contributed by atoms with Crippen molar-refractivity contribution < 1.29 is 14.0 Å². The molecular weight excluding hydrogens is 307 g/mol. The molecule has 0 spiro atoms. The average molecular weight is 326 g/mol. The predicted molar refractivity (Wildman–Crippen MR) is 90.4 cm³/mol. The van der Waals surface area contributed by atoms with Gasteiger partial charge in [0.25, 0.3) is 0 Å². The topological polar surface area (TPSA) is 58.2 Å². The standard InChI is InChI=1S/C19H19FN2O2/c1-2-15-12-3-8-17(16(15)11-12)22-19(24)10-9-18(23)21-14-6-4-13(20)5-7-14/h3-10,15-16H,2,11H2,1H3,(H,21,23)(H,22,24)/b10-9-. The number of amides is 2. The Bertz CT molecular complexity index is 747. The van der Waals surface area contributed by atoms with Crippen LogP contribution in [0.2, 0.25) is 0 Å². The van der Waals surface area contributed by atoms with E-state index in [4.69, 9.17) is 0 Å². The summed E-state index contributed by atoms with van der Waals surface area (Å²) < 4.78 is 12.8. The van der Waals surface area contributed by atoms with Crippen molar-refractivity contribution in [3.05, 3.63) is 65.7 Å². The molecule has 3 aliphatic carbocycles. The van der Waals surface area contributed by atoms with Gasteiger partial charge in [-0.1, -0.05) is 18.6 Å². The molecule has 0 saturated heterocycles. The van der Waals surface area contributed by atoms with Crippen molar-refractivity contribution in [2.45, 2.75) is 19.8 Å². The second-order valence-electron chi connectivity index (χ2n) is 6.01. The number of allylic oxidation sites excluding steroid dienone is 4. The van der Waals surface area contributed by atoms with Crippen molar-refractivity contribution in [1.82, 2.24) is 5.32 Å². The quantitative estimate of drug-likeness (QED) is 0.816. The maximum atomic E-state index is 12.8. The number of fused-ring (bicyclic) bond motifs is 1. The number of rotatable bonds is 5. The Kier molecular flexibility index (Phi) is 4.60. The first-order valence-electron chi connectivity index (χ1n) is 8.03. The van der Waals surface area contributed by atoms with Gasteiger partial charge in [-0.15, -0.1) is 0 Å². The van der Waals surface area contributed by atoms with Crippen LogP contribution in [0, 0.1) is 17.7 Å². The van der Waals surface area contributed by atoms with Crippen LogP contribution in [0.15, 0.2) is 59.8 Å². The number of carbonyl (C=O) groups excluding carboxylic acids is 2. The SMILES string of the molecule is CCC1C2=CC=C(NC(=O)/C=C\C(=O)Nc3ccc(F)cc3)C1C2. The third-order valence-electron chi connectivity index (χ3n) is 4.50. The fourth-order valence-corrected chi connectivity index (χ4v) is 3.22. The fraction of sp³-hybridized carbons (Fsp3) is 0.263. The minimum Gasteiger partial charge on any atom is -0.326 e. The van der Waals surface area contributed by atoms with E-state index in [2.05, 4.69) is 23.6 Å². The molecule has 5 heteroatoms. The lowest BCUT2D eigenvalue weighted by Gasteiger charge is -2.43. The summed E-state index contributed by atoms with van der Waals surface area (Å²) in [5.41, 5.74) is 2.85. The molecule has 0 radical (unpaired) electrons. The van der Waals surface area contributed by atoms with Gasteiger partial charge in [-0.05, 0) is 49.1 Å². The van der Waals surface area contributed by atoms with Gasteiger partial charge in [0.05, 0.1) is 0 Å². The lowest BCUT2D eigenvalue weighted by atomic mass is 9.63. The zero-order valence-corrected chi connectivity index (χ0v) is 13.4. The van der Waals surface area contributed by atoms with Crippen LogP contribution in [0.3, 0.4) is 0 Å². The first kappa shape index (κ1) is 16.2. The third-order valence-corrected chi connectivity index (χ3v) is 4.50. The molecule has 4 rings (SSSR count). The Morgan fingerprint density at radius 2 is 1.79 bits per heavy atom. The van der Waals surface area contributed by atoms with Gasteiger partial charge in [0, 0.05) is 29.5 Å². The molecule has 0 aliphatic heterocycles. The van der Waals surface area contributed by atoms with Gasteiger partial charge in [0.2, 0.25) is 11.8 Å². The normalized spacial score (nSPS) is 21.6. The van der Waals surface area contributed by atoms with Crippen LogP contribution in [0.4, 0.5) is 10.1 Å². The number of anilines is 1. The van der Waals surface area contributed by atoms with E-state index in [-0.39, 0.29) is 11.7 Å². The summed E-state index contributed by atoms with van der Waals surface area (Å²) in [6, 6.07) is 5.43. The molecule has 4 nitrogen and oxygen atoms in total.